The van der Waals surface area contributed by atoms with Gasteiger partial charge in [0, 0.05) is 0 Å². The molecule has 31 heavy (non-hydrogen) atoms. The van der Waals surface area contributed by atoms with Gasteiger partial charge >= 0.3 is 5.97 Å². The molecule has 0 spiro atoms. The number of rotatable bonds is 7. The Hall–Kier alpha value is -2.30. The summed E-state index contributed by atoms with van der Waals surface area (Å²) in [6.45, 7) is 5.69. The topological polar surface area (TPSA) is 97.4 Å². The first kappa shape index (κ1) is 23.4. The van der Waals surface area contributed by atoms with Crippen LogP contribution in [0.25, 0.3) is 0 Å². The van der Waals surface area contributed by atoms with Crippen LogP contribution in [0.5, 0.6) is 0 Å². The van der Waals surface area contributed by atoms with Gasteiger partial charge in [0.2, 0.25) is 0 Å². The molecule has 1 aliphatic heterocycles. The number of quaternary nitrogens is 1. The maximum atomic E-state index is 13.0. The molecule has 0 bridgehead atoms. The first-order chi connectivity index (χ1) is 14.8. The van der Waals surface area contributed by atoms with Gasteiger partial charge in [-0.2, -0.15) is 4.37 Å². The molecule has 2 amide bonds. The van der Waals surface area contributed by atoms with Gasteiger partial charge in [-0.1, -0.05) is 0 Å². The summed E-state index contributed by atoms with van der Waals surface area (Å²) in [7, 11) is 1.32. The van der Waals surface area contributed by atoms with Gasteiger partial charge < -0.3 is 19.9 Å². The number of carbonyl (C=O) groups is 3. The van der Waals surface area contributed by atoms with Crippen LogP contribution in [0.4, 0.5) is 10.7 Å². The lowest BCUT2D eigenvalue weighted by atomic mass is 10.2. The van der Waals surface area contributed by atoms with Gasteiger partial charge in [-0.25, -0.2) is 4.79 Å². The SMILES string of the molecule is COC(=O)c1scc(C)c1NC(=O)C[N+]1(CC(=O)Nc2cc(C)ns2)CCCCCC1. The van der Waals surface area contributed by atoms with Crippen LogP contribution in [0.2, 0.25) is 0 Å². The minimum atomic E-state index is -0.466. The molecule has 0 saturated carbocycles. The molecule has 0 unspecified atom stereocenters. The summed E-state index contributed by atoms with van der Waals surface area (Å²) in [4.78, 5) is 38.3. The van der Waals surface area contributed by atoms with E-state index in [1.807, 2.05) is 25.3 Å². The summed E-state index contributed by atoms with van der Waals surface area (Å²) < 4.78 is 9.43. The predicted octanol–water partition coefficient (Wildman–Crippen LogP) is 3.58. The van der Waals surface area contributed by atoms with E-state index in [1.165, 1.54) is 30.0 Å². The largest absolute Gasteiger partial charge is 0.465 e. The third-order valence-electron chi connectivity index (χ3n) is 5.47. The normalized spacial score (nSPS) is 15.7. The highest BCUT2D eigenvalue weighted by molar-refractivity contribution is 7.12. The van der Waals surface area contributed by atoms with E-state index < -0.39 is 5.97 Å². The van der Waals surface area contributed by atoms with E-state index in [2.05, 4.69) is 15.0 Å². The number of methoxy groups -OCH3 is 1. The van der Waals surface area contributed by atoms with E-state index in [0.717, 1.165) is 55.0 Å². The molecule has 0 aliphatic carbocycles. The van der Waals surface area contributed by atoms with Crippen molar-refractivity contribution in [2.45, 2.75) is 39.5 Å². The Kier molecular flexibility index (Phi) is 7.79. The summed E-state index contributed by atoms with van der Waals surface area (Å²) >= 11 is 2.51. The summed E-state index contributed by atoms with van der Waals surface area (Å²) in [5.41, 5.74) is 2.18. The van der Waals surface area contributed by atoms with E-state index in [-0.39, 0.29) is 24.9 Å². The number of thiophene rings is 1. The third-order valence-corrected chi connectivity index (χ3v) is 7.35. The van der Waals surface area contributed by atoms with Gasteiger partial charge in [-0.3, -0.25) is 9.59 Å². The molecule has 168 valence electrons. The first-order valence-electron chi connectivity index (χ1n) is 10.4. The van der Waals surface area contributed by atoms with Crippen LogP contribution in [0.3, 0.4) is 0 Å². The van der Waals surface area contributed by atoms with Crippen molar-refractivity contribution in [2.75, 3.05) is 43.9 Å². The maximum absolute atomic E-state index is 13.0. The number of esters is 1. The number of aryl methyl sites for hydroxylation is 2. The number of carbonyl (C=O) groups excluding carboxylic acids is 3. The zero-order valence-electron chi connectivity index (χ0n) is 18.2. The van der Waals surface area contributed by atoms with Crippen molar-refractivity contribution in [1.82, 2.24) is 4.37 Å². The molecule has 2 aromatic heterocycles. The highest BCUT2D eigenvalue weighted by Crippen LogP contribution is 2.29. The fraction of sp³-hybridized carbons (Fsp3) is 0.524. The van der Waals surface area contributed by atoms with Crippen LogP contribution in [0, 0.1) is 13.8 Å². The summed E-state index contributed by atoms with van der Waals surface area (Å²) in [5.74, 6) is -0.776. The molecule has 1 saturated heterocycles. The van der Waals surface area contributed by atoms with Gasteiger partial charge in [0.25, 0.3) is 11.8 Å². The van der Waals surface area contributed by atoms with Crippen LogP contribution in [0.1, 0.15) is 46.6 Å². The Bertz CT molecular complexity index is 945. The zero-order chi connectivity index (χ0) is 22.4. The average Bonchev–Trinajstić information content (AvgIpc) is 3.20. The molecule has 0 radical (unpaired) electrons. The molecule has 3 heterocycles. The number of aromatic nitrogens is 1. The van der Waals surface area contributed by atoms with E-state index in [4.69, 9.17) is 4.74 Å². The number of nitrogens with zero attached hydrogens (tertiary/aromatic N) is 2. The Morgan fingerprint density at radius 2 is 1.71 bits per heavy atom. The highest BCUT2D eigenvalue weighted by atomic mass is 32.1. The standard InChI is InChI=1S/C21H28N4O4S2/c1-14-13-30-20(21(28)29-3)19(14)23-17(27)12-25(8-6-4-5-7-9-25)11-16(26)22-18-10-15(2)24-31-18/h10,13H,4-9,11-12H2,1-3H3,(H-,22,23,24,26,27,28)/p+1. The van der Waals surface area contributed by atoms with Crippen molar-refractivity contribution < 1.29 is 23.6 Å². The Morgan fingerprint density at radius 3 is 2.29 bits per heavy atom. The second kappa shape index (κ2) is 10.3. The molecule has 2 N–H and O–H groups in total. The van der Waals surface area contributed by atoms with E-state index in [1.54, 1.807) is 0 Å². The molecule has 2 aromatic rings. The van der Waals surface area contributed by atoms with Gasteiger partial charge in [-0.15, -0.1) is 11.3 Å². The number of hydrogen-bond acceptors (Lipinski definition) is 7. The quantitative estimate of drug-likeness (QED) is 0.481. The Balaban J connectivity index is 1.73. The summed E-state index contributed by atoms with van der Waals surface area (Å²) in [6, 6.07) is 1.84. The van der Waals surface area contributed by atoms with Crippen molar-refractivity contribution in [3.63, 3.8) is 0 Å². The summed E-state index contributed by atoms with van der Waals surface area (Å²) in [5, 5.41) is 8.37. The van der Waals surface area contributed by atoms with Crippen molar-refractivity contribution in [2.24, 2.45) is 0 Å². The van der Waals surface area contributed by atoms with E-state index >= 15 is 0 Å². The van der Waals surface area contributed by atoms with Crippen molar-refractivity contribution in [3.8, 4) is 0 Å². The van der Waals surface area contributed by atoms with Gasteiger partial charge in [0.15, 0.2) is 13.1 Å². The van der Waals surface area contributed by atoms with Gasteiger partial charge in [-0.05, 0) is 68.1 Å². The van der Waals surface area contributed by atoms with Crippen LogP contribution >= 0.6 is 22.9 Å². The maximum Gasteiger partial charge on any atom is 0.350 e. The van der Waals surface area contributed by atoms with Crippen molar-refractivity contribution >= 4 is 51.3 Å². The molecule has 3 rings (SSSR count). The number of hydrogen-bond donors (Lipinski definition) is 2. The van der Waals surface area contributed by atoms with Gasteiger partial charge in [0.05, 0.1) is 31.6 Å². The van der Waals surface area contributed by atoms with E-state index in [0.29, 0.717) is 15.0 Å². The van der Waals surface area contributed by atoms with Gasteiger partial charge in [0.1, 0.15) is 9.88 Å². The van der Waals surface area contributed by atoms with E-state index in [9.17, 15) is 14.4 Å². The number of anilines is 2. The minimum Gasteiger partial charge on any atom is -0.465 e. The molecule has 10 heteroatoms. The van der Waals surface area contributed by atoms with Crippen LogP contribution in [-0.2, 0) is 14.3 Å². The molecular weight excluding hydrogens is 436 g/mol. The predicted molar refractivity (Wildman–Crippen MR) is 123 cm³/mol. The molecule has 0 aromatic carbocycles. The second-order valence-corrected chi connectivity index (χ2v) is 9.75. The molecular formula is C21H29N4O4S2+. The van der Waals surface area contributed by atoms with Crippen LogP contribution in [0.15, 0.2) is 11.4 Å². The smallest absolute Gasteiger partial charge is 0.350 e. The van der Waals surface area contributed by atoms with Crippen molar-refractivity contribution in [1.29, 1.82) is 0 Å². The lowest BCUT2D eigenvalue weighted by Crippen LogP contribution is -2.56. The lowest BCUT2D eigenvalue weighted by molar-refractivity contribution is -0.912. The number of amides is 2. The van der Waals surface area contributed by atoms with Crippen LogP contribution in [-0.4, -0.2) is 59.9 Å². The third kappa shape index (κ3) is 6.11. The fourth-order valence-corrected chi connectivity index (χ4v) is 5.56. The monoisotopic (exact) mass is 465 g/mol. The molecule has 1 fully saturated rings. The lowest BCUT2D eigenvalue weighted by Gasteiger charge is -2.36. The molecule has 1 aliphatic rings. The first-order valence-corrected chi connectivity index (χ1v) is 12.0. The molecule has 0 atom stereocenters. The summed E-state index contributed by atoms with van der Waals surface area (Å²) in [6.07, 6.45) is 4.16. The second-order valence-electron chi connectivity index (χ2n) is 8.06. The fourth-order valence-electron chi connectivity index (χ4n) is 3.96. The number of nitrogens with one attached hydrogen (secondary N) is 2. The zero-order valence-corrected chi connectivity index (χ0v) is 19.8. The minimum absolute atomic E-state index is 0.111. The highest BCUT2D eigenvalue weighted by Gasteiger charge is 2.34. The van der Waals surface area contributed by atoms with Crippen LogP contribution < -0.4 is 10.6 Å². The number of likely N-dealkylation sites (tertiary alicyclic amines) is 1. The number of ether oxygens (including phenoxy) is 1. The average molecular weight is 466 g/mol. The Morgan fingerprint density at radius 1 is 1.06 bits per heavy atom. The van der Waals surface area contributed by atoms with Crippen molar-refractivity contribution in [3.05, 3.63) is 27.6 Å². The molecule has 8 nitrogen and oxygen atoms in total. The Labute approximate surface area is 190 Å².